The summed E-state index contributed by atoms with van der Waals surface area (Å²) in [4.78, 5) is 12.6. The second kappa shape index (κ2) is 9.72. The minimum absolute atomic E-state index is 0.0300. The van der Waals surface area contributed by atoms with Crippen molar-refractivity contribution in [3.63, 3.8) is 0 Å². The molecule has 0 aliphatic heterocycles. The van der Waals surface area contributed by atoms with Crippen molar-refractivity contribution in [2.75, 3.05) is 0 Å². The average Bonchev–Trinajstić information content (AvgIpc) is 2.62. The first-order valence-corrected chi connectivity index (χ1v) is 13.2. The lowest BCUT2D eigenvalue weighted by atomic mass is 9.98. The molecule has 0 bridgehead atoms. The summed E-state index contributed by atoms with van der Waals surface area (Å²) in [6.07, 6.45) is 2.70. The van der Waals surface area contributed by atoms with E-state index in [-0.39, 0.29) is 11.9 Å². The summed E-state index contributed by atoms with van der Waals surface area (Å²) < 4.78 is 0. The smallest absolute Gasteiger partial charge is 0.220 e. The van der Waals surface area contributed by atoms with Crippen LogP contribution in [0.4, 0.5) is 0 Å². The van der Waals surface area contributed by atoms with E-state index in [0.29, 0.717) is 6.42 Å². The van der Waals surface area contributed by atoms with Crippen molar-refractivity contribution in [3.05, 3.63) is 71.3 Å². The maximum absolute atomic E-state index is 12.6. The molecule has 0 aromatic heterocycles. The van der Waals surface area contributed by atoms with Gasteiger partial charge in [-0.15, -0.1) is 0 Å². The van der Waals surface area contributed by atoms with Crippen LogP contribution in [0.5, 0.6) is 0 Å². The Kier molecular flexibility index (Phi) is 7.64. The van der Waals surface area contributed by atoms with Gasteiger partial charge in [0.1, 0.15) is 0 Å². The van der Waals surface area contributed by atoms with Gasteiger partial charge in [0.15, 0.2) is 0 Å². The van der Waals surface area contributed by atoms with E-state index >= 15 is 0 Å². The summed E-state index contributed by atoms with van der Waals surface area (Å²) in [6.45, 7) is 9.12. The number of rotatable bonds is 9. The van der Waals surface area contributed by atoms with Crippen LogP contribution in [0.25, 0.3) is 0 Å². The van der Waals surface area contributed by atoms with Gasteiger partial charge in [0.2, 0.25) is 5.91 Å². The summed E-state index contributed by atoms with van der Waals surface area (Å²) in [6, 6.07) is 21.3. The number of aryl methyl sites for hydroxylation is 1. The van der Waals surface area contributed by atoms with E-state index in [4.69, 9.17) is 0 Å². The number of amides is 1. The second-order valence-corrected chi connectivity index (χ2v) is 13.5. The minimum atomic E-state index is -1.24. The molecule has 1 amide bonds. The van der Waals surface area contributed by atoms with E-state index in [1.54, 1.807) is 0 Å². The number of nitrogens with one attached hydrogen (secondary N) is 1. The third-order valence-electron chi connectivity index (χ3n) is 5.05. The molecule has 1 unspecified atom stereocenters. The van der Waals surface area contributed by atoms with E-state index in [2.05, 4.69) is 68.7 Å². The van der Waals surface area contributed by atoms with Crippen LogP contribution in [0, 0.1) is 6.92 Å². The van der Waals surface area contributed by atoms with Gasteiger partial charge in [-0.25, -0.2) is 0 Å². The molecular formula is C23H33NOSi. The van der Waals surface area contributed by atoms with Crippen LogP contribution in [0.2, 0.25) is 25.2 Å². The van der Waals surface area contributed by atoms with Gasteiger partial charge >= 0.3 is 0 Å². The van der Waals surface area contributed by atoms with Crippen LogP contribution in [0.15, 0.2) is 54.6 Å². The van der Waals surface area contributed by atoms with Crippen LogP contribution in [0.1, 0.15) is 42.5 Å². The molecule has 0 saturated carbocycles. The molecule has 0 aliphatic rings. The lowest BCUT2D eigenvalue weighted by Gasteiger charge is -2.23. The highest BCUT2D eigenvalue weighted by Crippen LogP contribution is 2.22. The topological polar surface area (TPSA) is 29.1 Å². The van der Waals surface area contributed by atoms with Crippen LogP contribution in [-0.2, 0) is 11.2 Å². The van der Waals surface area contributed by atoms with Gasteiger partial charge in [0.25, 0.3) is 0 Å². The SMILES string of the molecule is CCC[Si](C)(C)CCC(=O)NC(Cc1ccc(C)cc1)c1ccccc1. The molecule has 0 saturated heterocycles. The van der Waals surface area contributed by atoms with Crippen LogP contribution in [-0.4, -0.2) is 14.0 Å². The van der Waals surface area contributed by atoms with Crippen molar-refractivity contribution < 1.29 is 4.79 Å². The first kappa shape index (κ1) is 20.4. The quantitative estimate of drug-likeness (QED) is 0.549. The molecule has 140 valence electrons. The van der Waals surface area contributed by atoms with Crippen molar-refractivity contribution in [3.8, 4) is 0 Å². The first-order valence-electron chi connectivity index (χ1n) is 9.79. The lowest BCUT2D eigenvalue weighted by molar-refractivity contribution is -0.121. The van der Waals surface area contributed by atoms with Crippen molar-refractivity contribution in [2.24, 2.45) is 0 Å². The van der Waals surface area contributed by atoms with Gasteiger partial charge in [-0.2, -0.15) is 0 Å². The standard InChI is InChI=1S/C23H33NOSi/c1-5-16-26(3,4)17-15-23(25)24-22(21-9-7-6-8-10-21)18-20-13-11-19(2)12-14-20/h6-14,22H,5,15-18H2,1-4H3,(H,24,25). The summed E-state index contributed by atoms with van der Waals surface area (Å²) in [5, 5.41) is 3.29. The van der Waals surface area contributed by atoms with E-state index < -0.39 is 8.07 Å². The highest BCUT2D eigenvalue weighted by Gasteiger charge is 2.22. The fourth-order valence-corrected chi connectivity index (χ4v) is 5.93. The minimum Gasteiger partial charge on any atom is -0.349 e. The van der Waals surface area contributed by atoms with E-state index in [9.17, 15) is 4.79 Å². The highest BCUT2D eigenvalue weighted by atomic mass is 28.3. The molecule has 2 aromatic rings. The molecule has 0 fully saturated rings. The predicted molar refractivity (Wildman–Crippen MR) is 114 cm³/mol. The number of carbonyl (C=O) groups excluding carboxylic acids is 1. The Labute approximate surface area is 160 Å². The predicted octanol–water partition coefficient (Wildman–Crippen LogP) is 5.90. The van der Waals surface area contributed by atoms with Crippen molar-refractivity contribution >= 4 is 14.0 Å². The summed E-state index contributed by atoms with van der Waals surface area (Å²) in [5.41, 5.74) is 3.69. The monoisotopic (exact) mass is 367 g/mol. The maximum atomic E-state index is 12.6. The molecule has 0 spiro atoms. The number of hydrogen-bond donors (Lipinski definition) is 1. The molecule has 3 heteroatoms. The molecule has 1 N–H and O–H groups in total. The van der Waals surface area contributed by atoms with Gasteiger partial charge in [-0.3, -0.25) is 4.79 Å². The van der Waals surface area contributed by atoms with Crippen molar-refractivity contribution in [1.29, 1.82) is 0 Å². The van der Waals surface area contributed by atoms with Crippen molar-refractivity contribution in [1.82, 2.24) is 5.32 Å². The number of hydrogen-bond acceptors (Lipinski definition) is 1. The van der Waals surface area contributed by atoms with Crippen LogP contribution >= 0.6 is 0 Å². The zero-order chi connectivity index (χ0) is 19.0. The molecule has 2 nitrogen and oxygen atoms in total. The third-order valence-corrected chi connectivity index (χ3v) is 8.51. The molecule has 0 aliphatic carbocycles. The Balaban J connectivity index is 2.04. The second-order valence-electron chi connectivity index (χ2n) is 8.13. The Morgan fingerprint density at radius 1 is 1.00 bits per heavy atom. The fourth-order valence-electron chi connectivity index (χ4n) is 3.42. The largest absolute Gasteiger partial charge is 0.349 e. The van der Waals surface area contributed by atoms with E-state index in [1.807, 2.05) is 18.2 Å². The lowest BCUT2D eigenvalue weighted by Crippen LogP contribution is -2.33. The van der Waals surface area contributed by atoms with Crippen LogP contribution < -0.4 is 5.32 Å². The average molecular weight is 368 g/mol. The summed E-state index contributed by atoms with van der Waals surface area (Å²) >= 11 is 0. The Morgan fingerprint density at radius 3 is 2.27 bits per heavy atom. The number of benzene rings is 2. The zero-order valence-electron chi connectivity index (χ0n) is 16.7. The molecule has 2 rings (SSSR count). The molecule has 26 heavy (non-hydrogen) atoms. The van der Waals surface area contributed by atoms with Gasteiger partial charge < -0.3 is 5.32 Å². The molecule has 2 aromatic carbocycles. The van der Waals surface area contributed by atoms with Gasteiger partial charge in [-0.05, 0) is 30.5 Å². The third kappa shape index (κ3) is 6.79. The van der Waals surface area contributed by atoms with Gasteiger partial charge in [0, 0.05) is 14.5 Å². The van der Waals surface area contributed by atoms with E-state index in [0.717, 1.165) is 12.5 Å². The Morgan fingerprint density at radius 2 is 1.65 bits per heavy atom. The molecule has 1 atom stereocenters. The summed E-state index contributed by atoms with van der Waals surface area (Å²) in [7, 11) is -1.24. The summed E-state index contributed by atoms with van der Waals surface area (Å²) in [5.74, 6) is 0.183. The normalized spacial score (nSPS) is 12.6. The van der Waals surface area contributed by atoms with Crippen molar-refractivity contribution in [2.45, 2.75) is 64.3 Å². The van der Waals surface area contributed by atoms with Gasteiger partial charge in [0.05, 0.1) is 6.04 Å². The van der Waals surface area contributed by atoms with Gasteiger partial charge in [-0.1, -0.05) is 92.6 Å². The number of carbonyl (C=O) groups is 1. The van der Waals surface area contributed by atoms with E-state index in [1.165, 1.54) is 29.2 Å². The molecule has 0 heterocycles. The Hall–Kier alpha value is -1.87. The maximum Gasteiger partial charge on any atom is 0.220 e. The van der Waals surface area contributed by atoms with Crippen LogP contribution in [0.3, 0.4) is 0 Å². The molecule has 0 radical (unpaired) electrons. The Bertz CT molecular complexity index is 679. The fraction of sp³-hybridized carbons (Fsp3) is 0.435. The molecular weight excluding hydrogens is 334 g/mol. The zero-order valence-corrected chi connectivity index (χ0v) is 17.7. The first-order chi connectivity index (χ1) is 12.4. The highest BCUT2D eigenvalue weighted by molar-refractivity contribution is 6.77.